The van der Waals surface area contributed by atoms with Gasteiger partial charge in [0.15, 0.2) is 11.5 Å². The molecule has 2 heterocycles. The van der Waals surface area contributed by atoms with Crippen LogP contribution >= 0.6 is 0 Å². The molecule has 1 saturated heterocycles. The molecule has 2 aliphatic rings. The topological polar surface area (TPSA) is 103 Å². The molecule has 9 heteroatoms. The summed E-state index contributed by atoms with van der Waals surface area (Å²) in [4.78, 5) is 25.7. The zero-order chi connectivity index (χ0) is 20.4. The first-order valence-electron chi connectivity index (χ1n) is 9.34. The number of fused-ring (bicyclic) bond motifs is 1. The van der Waals surface area contributed by atoms with Crippen LogP contribution in [0, 0.1) is 10.1 Å². The number of nitro groups is 1. The molecule has 1 N–H and O–H groups in total. The molecule has 2 aromatic carbocycles. The van der Waals surface area contributed by atoms with Crippen molar-refractivity contribution in [1.29, 1.82) is 0 Å². The number of hydrogen-bond acceptors (Lipinski definition) is 7. The summed E-state index contributed by atoms with van der Waals surface area (Å²) < 4.78 is 16.0. The van der Waals surface area contributed by atoms with Gasteiger partial charge >= 0.3 is 0 Å². The molecule has 0 bridgehead atoms. The fourth-order valence-corrected chi connectivity index (χ4v) is 3.43. The molecule has 1 amide bonds. The first-order chi connectivity index (χ1) is 14.0. The normalized spacial score (nSPS) is 16.4. The Hall–Kier alpha value is -3.33. The Bertz CT molecular complexity index is 942. The number of carbonyl (C=O) groups excluding carboxylic acids is 1. The minimum atomic E-state index is -0.456. The molecule has 152 valence electrons. The van der Waals surface area contributed by atoms with Gasteiger partial charge < -0.3 is 24.4 Å². The number of ether oxygens (including phenoxy) is 3. The van der Waals surface area contributed by atoms with Crippen LogP contribution in [-0.2, 0) is 4.74 Å². The number of carbonyl (C=O) groups is 1. The Labute approximate surface area is 167 Å². The summed E-state index contributed by atoms with van der Waals surface area (Å²) in [6.45, 7) is 4.21. The SMILES string of the molecule is CC(NC(=O)c1ccc(N2CCOCC2)c([N+](=O)[O-])c1)c1ccc2c(c1)OCO2. The molecule has 0 radical (unpaired) electrons. The highest BCUT2D eigenvalue weighted by atomic mass is 16.7. The van der Waals surface area contributed by atoms with Crippen molar-refractivity contribution < 1.29 is 23.9 Å². The average molecular weight is 399 g/mol. The molecule has 2 aliphatic heterocycles. The summed E-state index contributed by atoms with van der Waals surface area (Å²) in [7, 11) is 0. The number of nitrogens with one attached hydrogen (secondary N) is 1. The van der Waals surface area contributed by atoms with Gasteiger partial charge in [-0.1, -0.05) is 6.07 Å². The second-order valence-corrected chi connectivity index (χ2v) is 6.87. The summed E-state index contributed by atoms with van der Waals surface area (Å²) in [6.07, 6.45) is 0. The van der Waals surface area contributed by atoms with Gasteiger partial charge in [-0.05, 0) is 36.8 Å². The van der Waals surface area contributed by atoms with Crippen LogP contribution in [0.25, 0.3) is 0 Å². The minimum absolute atomic E-state index is 0.0877. The van der Waals surface area contributed by atoms with Crippen LogP contribution in [0.4, 0.5) is 11.4 Å². The standard InChI is InChI=1S/C20H21N3O6/c1-13(14-3-5-18-19(11-14)29-12-28-18)21-20(24)15-2-4-16(17(10-15)23(25)26)22-6-8-27-9-7-22/h2-5,10-11,13H,6-9,12H2,1H3,(H,21,24). The number of nitro benzene ring substituents is 1. The molecule has 1 atom stereocenters. The molecule has 1 unspecified atom stereocenters. The highest BCUT2D eigenvalue weighted by Gasteiger charge is 2.24. The summed E-state index contributed by atoms with van der Waals surface area (Å²) in [6, 6.07) is 9.72. The lowest BCUT2D eigenvalue weighted by atomic mass is 10.1. The van der Waals surface area contributed by atoms with Crippen LogP contribution in [0.1, 0.15) is 28.9 Å². The monoisotopic (exact) mass is 399 g/mol. The Kier molecular flexibility index (Phi) is 5.22. The molecule has 0 spiro atoms. The lowest BCUT2D eigenvalue weighted by Gasteiger charge is -2.28. The van der Waals surface area contributed by atoms with Crippen molar-refractivity contribution in [3.63, 3.8) is 0 Å². The molecule has 4 rings (SSSR count). The maximum absolute atomic E-state index is 12.7. The van der Waals surface area contributed by atoms with Gasteiger partial charge in [-0.3, -0.25) is 14.9 Å². The van der Waals surface area contributed by atoms with E-state index in [2.05, 4.69) is 5.32 Å². The van der Waals surface area contributed by atoms with Crippen LogP contribution in [-0.4, -0.2) is 43.9 Å². The molecule has 29 heavy (non-hydrogen) atoms. The largest absolute Gasteiger partial charge is 0.454 e. The molecule has 2 aromatic rings. The number of benzene rings is 2. The van der Waals surface area contributed by atoms with Gasteiger partial charge in [0, 0.05) is 24.7 Å². The number of hydrogen-bond donors (Lipinski definition) is 1. The number of morpholine rings is 1. The van der Waals surface area contributed by atoms with Crippen LogP contribution < -0.4 is 19.7 Å². The zero-order valence-electron chi connectivity index (χ0n) is 15.9. The van der Waals surface area contributed by atoms with E-state index in [0.717, 1.165) is 5.56 Å². The molecule has 9 nitrogen and oxygen atoms in total. The highest BCUT2D eigenvalue weighted by Crippen LogP contribution is 2.34. The minimum Gasteiger partial charge on any atom is -0.454 e. The van der Waals surface area contributed by atoms with Gasteiger partial charge in [-0.2, -0.15) is 0 Å². The van der Waals surface area contributed by atoms with Crippen molar-refractivity contribution in [2.24, 2.45) is 0 Å². The Morgan fingerprint density at radius 1 is 1.14 bits per heavy atom. The lowest BCUT2D eigenvalue weighted by molar-refractivity contribution is -0.384. The van der Waals surface area contributed by atoms with Gasteiger partial charge in [0.1, 0.15) is 5.69 Å². The van der Waals surface area contributed by atoms with E-state index in [1.165, 1.54) is 6.07 Å². The van der Waals surface area contributed by atoms with E-state index < -0.39 is 4.92 Å². The van der Waals surface area contributed by atoms with E-state index in [0.29, 0.717) is 43.5 Å². The Balaban J connectivity index is 1.52. The molecule has 0 saturated carbocycles. The smallest absolute Gasteiger partial charge is 0.293 e. The third-order valence-corrected chi connectivity index (χ3v) is 5.03. The van der Waals surface area contributed by atoms with Gasteiger partial charge in [-0.25, -0.2) is 0 Å². The predicted molar refractivity (Wildman–Crippen MR) is 105 cm³/mol. The summed E-state index contributed by atoms with van der Waals surface area (Å²) in [5.41, 5.74) is 1.50. The van der Waals surface area contributed by atoms with Crippen molar-refractivity contribution in [2.75, 3.05) is 38.0 Å². The molecule has 0 aromatic heterocycles. The van der Waals surface area contributed by atoms with Crippen LogP contribution in [0.5, 0.6) is 11.5 Å². The van der Waals surface area contributed by atoms with Gasteiger partial charge in [0.25, 0.3) is 11.6 Å². The van der Waals surface area contributed by atoms with Crippen LogP contribution in [0.2, 0.25) is 0 Å². The second-order valence-electron chi connectivity index (χ2n) is 6.87. The first-order valence-corrected chi connectivity index (χ1v) is 9.34. The number of anilines is 1. The molecular formula is C20H21N3O6. The maximum Gasteiger partial charge on any atom is 0.293 e. The number of nitrogens with zero attached hydrogens (tertiary/aromatic N) is 2. The summed E-state index contributed by atoms with van der Waals surface area (Å²) >= 11 is 0. The maximum atomic E-state index is 12.7. The average Bonchev–Trinajstić information content (AvgIpc) is 3.21. The molecule has 1 fully saturated rings. The van der Waals surface area contributed by atoms with Crippen molar-refractivity contribution in [3.8, 4) is 11.5 Å². The summed E-state index contributed by atoms with van der Waals surface area (Å²) in [5, 5.41) is 14.5. The Morgan fingerprint density at radius 2 is 1.90 bits per heavy atom. The van der Waals surface area contributed by atoms with Crippen LogP contribution in [0.15, 0.2) is 36.4 Å². The van der Waals surface area contributed by atoms with Crippen LogP contribution in [0.3, 0.4) is 0 Å². The van der Waals surface area contributed by atoms with Gasteiger partial charge in [-0.15, -0.1) is 0 Å². The van der Waals surface area contributed by atoms with Crippen molar-refractivity contribution in [3.05, 3.63) is 57.6 Å². The fraction of sp³-hybridized carbons (Fsp3) is 0.350. The van der Waals surface area contributed by atoms with Crippen molar-refractivity contribution in [2.45, 2.75) is 13.0 Å². The van der Waals surface area contributed by atoms with E-state index >= 15 is 0 Å². The Morgan fingerprint density at radius 3 is 2.66 bits per heavy atom. The first kappa shape index (κ1) is 19.0. The van der Waals surface area contributed by atoms with Gasteiger partial charge in [0.05, 0.1) is 24.2 Å². The third-order valence-electron chi connectivity index (χ3n) is 5.03. The summed E-state index contributed by atoms with van der Waals surface area (Å²) in [5.74, 6) is 0.919. The zero-order valence-corrected chi connectivity index (χ0v) is 15.9. The number of amides is 1. The van der Waals surface area contributed by atoms with E-state index in [1.54, 1.807) is 18.2 Å². The third kappa shape index (κ3) is 3.95. The molecule has 0 aliphatic carbocycles. The highest BCUT2D eigenvalue weighted by molar-refractivity contribution is 5.96. The van der Waals surface area contributed by atoms with E-state index in [-0.39, 0.29) is 30.0 Å². The number of rotatable bonds is 5. The van der Waals surface area contributed by atoms with E-state index in [4.69, 9.17) is 14.2 Å². The molecular weight excluding hydrogens is 378 g/mol. The fourth-order valence-electron chi connectivity index (χ4n) is 3.43. The van der Waals surface area contributed by atoms with Crippen molar-refractivity contribution >= 4 is 17.3 Å². The predicted octanol–water partition coefficient (Wildman–Crippen LogP) is 2.65. The van der Waals surface area contributed by atoms with Gasteiger partial charge in [0.2, 0.25) is 6.79 Å². The van der Waals surface area contributed by atoms with Crippen molar-refractivity contribution in [1.82, 2.24) is 5.32 Å². The van der Waals surface area contributed by atoms with E-state index in [9.17, 15) is 14.9 Å². The second kappa shape index (κ2) is 7.96. The lowest BCUT2D eigenvalue weighted by Crippen LogP contribution is -2.36. The quantitative estimate of drug-likeness (QED) is 0.609. The van der Waals surface area contributed by atoms with E-state index in [1.807, 2.05) is 24.0 Å².